The van der Waals surface area contributed by atoms with Gasteiger partial charge in [-0.05, 0) is 27.7 Å². The van der Waals surface area contributed by atoms with Crippen molar-refractivity contribution in [3.63, 3.8) is 0 Å². The van der Waals surface area contributed by atoms with Gasteiger partial charge in [-0.3, -0.25) is 4.90 Å². The van der Waals surface area contributed by atoms with Gasteiger partial charge < -0.3 is 4.52 Å². The Kier molecular flexibility index (Phi) is 7.02. The van der Waals surface area contributed by atoms with Gasteiger partial charge in [0, 0.05) is 40.7 Å². The molecule has 2 nitrogen and oxygen atoms in total. The van der Waals surface area contributed by atoms with E-state index >= 15 is 0 Å². The summed E-state index contributed by atoms with van der Waals surface area (Å²) in [7, 11) is 2.42. The summed E-state index contributed by atoms with van der Waals surface area (Å²) in [6.45, 7) is 10.1. The third kappa shape index (κ3) is 5.08. The minimum absolute atomic E-state index is 0.645. The van der Waals surface area contributed by atoms with Crippen LogP contribution in [0.5, 0.6) is 0 Å². The molecule has 0 saturated heterocycles. The van der Waals surface area contributed by atoms with Gasteiger partial charge in [0.25, 0.3) is 0 Å². The van der Waals surface area contributed by atoms with Crippen LogP contribution in [0.1, 0.15) is 27.7 Å². The maximum atomic E-state index is 5.05. The fraction of sp³-hybridized carbons (Fsp3) is 1.00. The predicted octanol–water partition coefficient (Wildman–Crippen LogP) is 2.35. The average molecular weight is 191 g/mol. The van der Waals surface area contributed by atoms with Crippen LogP contribution in [0.25, 0.3) is 0 Å². The predicted molar refractivity (Wildman–Crippen MR) is 57.2 cm³/mol. The summed E-state index contributed by atoms with van der Waals surface area (Å²) in [5.41, 5.74) is 0. The monoisotopic (exact) mass is 191 g/mol. The summed E-state index contributed by atoms with van der Waals surface area (Å²) in [4.78, 5) is 2.49. The van der Waals surface area contributed by atoms with Crippen LogP contribution in [-0.4, -0.2) is 36.8 Å². The van der Waals surface area contributed by atoms with Crippen LogP contribution < -0.4 is 0 Å². The lowest BCUT2D eigenvalue weighted by Crippen LogP contribution is -2.38. The SMILES string of the molecule is COPCCN(C(C)C)C(C)C. The van der Waals surface area contributed by atoms with Gasteiger partial charge in [0.1, 0.15) is 0 Å². The van der Waals surface area contributed by atoms with E-state index in [1.807, 2.05) is 0 Å². The van der Waals surface area contributed by atoms with Crippen molar-refractivity contribution in [3.05, 3.63) is 0 Å². The quantitative estimate of drug-likeness (QED) is 0.472. The molecule has 12 heavy (non-hydrogen) atoms. The lowest BCUT2D eigenvalue weighted by molar-refractivity contribution is 0.186. The van der Waals surface area contributed by atoms with E-state index in [0.29, 0.717) is 20.9 Å². The molecule has 0 aromatic heterocycles. The third-order valence-electron chi connectivity index (χ3n) is 1.94. The van der Waals surface area contributed by atoms with E-state index < -0.39 is 0 Å². The van der Waals surface area contributed by atoms with Gasteiger partial charge in [-0.15, -0.1) is 0 Å². The van der Waals surface area contributed by atoms with E-state index in [9.17, 15) is 0 Å². The first-order valence-corrected chi connectivity index (χ1v) is 5.72. The molecule has 0 aromatic rings. The zero-order valence-corrected chi connectivity index (χ0v) is 9.92. The molecule has 0 aromatic carbocycles. The summed E-state index contributed by atoms with van der Waals surface area (Å²) in [5, 5.41) is 0. The van der Waals surface area contributed by atoms with Gasteiger partial charge in [0.05, 0.1) is 0 Å². The molecule has 0 fully saturated rings. The summed E-state index contributed by atoms with van der Waals surface area (Å²) in [6.07, 6.45) is 1.16. The molecule has 0 radical (unpaired) electrons. The summed E-state index contributed by atoms with van der Waals surface area (Å²) >= 11 is 0. The van der Waals surface area contributed by atoms with E-state index in [1.165, 1.54) is 0 Å². The highest BCUT2D eigenvalue weighted by atomic mass is 31.1. The van der Waals surface area contributed by atoms with Gasteiger partial charge >= 0.3 is 0 Å². The van der Waals surface area contributed by atoms with Crippen LogP contribution in [0.4, 0.5) is 0 Å². The highest BCUT2D eigenvalue weighted by Gasteiger charge is 2.11. The Morgan fingerprint density at radius 2 is 1.67 bits per heavy atom. The van der Waals surface area contributed by atoms with Crippen molar-refractivity contribution >= 4 is 8.81 Å². The van der Waals surface area contributed by atoms with Gasteiger partial charge in [0.2, 0.25) is 0 Å². The second-order valence-electron chi connectivity index (χ2n) is 3.52. The minimum atomic E-state index is 0.645. The van der Waals surface area contributed by atoms with E-state index in [1.54, 1.807) is 7.11 Å². The van der Waals surface area contributed by atoms with Crippen molar-refractivity contribution in [2.75, 3.05) is 19.8 Å². The summed E-state index contributed by atoms with van der Waals surface area (Å²) < 4.78 is 5.05. The molecular formula is C9H22NOP. The number of hydrogen-bond acceptors (Lipinski definition) is 2. The maximum absolute atomic E-state index is 5.05. The Morgan fingerprint density at radius 3 is 2.00 bits per heavy atom. The van der Waals surface area contributed by atoms with E-state index in [4.69, 9.17) is 4.52 Å². The van der Waals surface area contributed by atoms with Gasteiger partial charge in [-0.25, -0.2) is 0 Å². The fourth-order valence-corrected chi connectivity index (χ4v) is 1.94. The molecule has 0 aliphatic heterocycles. The minimum Gasteiger partial charge on any atom is -0.366 e. The van der Waals surface area contributed by atoms with Gasteiger partial charge in [-0.1, -0.05) is 0 Å². The average Bonchev–Trinajstić information content (AvgIpc) is 1.96. The van der Waals surface area contributed by atoms with Crippen LogP contribution in [0, 0.1) is 0 Å². The second kappa shape index (κ2) is 6.82. The molecule has 0 spiro atoms. The highest BCUT2D eigenvalue weighted by Crippen LogP contribution is 2.12. The molecule has 0 bridgehead atoms. The Labute approximate surface area is 78.5 Å². The first-order valence-electron chi connectivity index (χ1n) is 4.61. The molecule has 1 atom stereocenters. The molecule has 0 saturated carbocycles. The third-order valence-corrected chi connectivity index (χ3v) is 2.66. The van der Waals surface area contributed by atoms with Crippen LogP contribution in [-0.2, 0) is 4.52 Å². The van der Waals surface area contributed by atoms with Gasteiger partial charge in [0.15, 0.2) is 0 Å². The Bertz CT molecular complexity index is 98.7. The van der Waals surface area contributed by atoms with Crippen LogP contribution >= 0.6 is 8.81 Å². The zero-order valence-electron chi connectivity index (χ0n) is 8.92. The molecule has 0 heterocycles. The lowest BCUT2D eigenvalue weighted by atomic mass is 10.2. The molecule has 3 heteroatoms. The number of nitrogens with zero attached hydrogens (tertiary/aromatic N) is 1. The summed E-state index contributed by atoms with van der Waals surface area (Å²) in [5.74, 6) is 0. The molecule has 0 N–H and O–H groups in total. The van der Waals surface area contributed by atoms with Crippen molar-refractivity contribution in [1.29, 1.82) is 0 Å². The molecule has 0 rings (SSSR count). The smallest absolute Gasteiger partial charge is 0.0394 e. The maximum Gasteiger partial charge on any atom is 0.0394 e. The normalized spacial score (nSPS) is 13.0. The highest BCUT2D eigenvalue weighted by molar-refractivity contribution is 7.32. The van der Waals surface area contributed by atoms with Crippen molar-refractivity contribution in [2.45, 2.75) is 39.8 Å². The number of hydrogen-bond donors (Lipinski definition) is 0. The van der Waals surface area contributed by atoms with E-state index in [-0.39, 0.29) is 0 Å². The molecule has 1 unspecified atom stereocenters. The summed E-state index contributed by atoms with van der Waals surface area (Å²) in [6, 6.07) is 1.29. The molecule has 74 valence electrons. The molecular weight excluding hydrogens is 169 g/mol. The molecule has 0 amide bonds. The van der Waals surface area contributed by atoms with E-state index in [2.05, 4.69) is 32.6 Å². The van der Waals surface area contributed by atoms with Crippen molar-refractivity contribution in [3.8, 4) is 0 Å². The lowest BCUT2D eigenvalue weighted by Gasteiger charge is -2.30. The second-order valence-corrected chi connectivity index (χ2v) is 4.72. The van der Waals surface area contributed by atoms with Crippen molar-refractivity contribution < 1.29 is 4.52 Å². The Morgan fingerprint density at radius 1 is 1.17 bits per heavy atom. The zero-order chi connectivity index (χ0) is 9.56. The van der Waals surface area contributed by atoms with Crippen molar-refractivity contribution in [1.82, 2.24) is 4.90 Å². The first kappa shape index (κ1) is 12.3. The van der Waals surface area contributed by atoms with Crippen molar-refractivity contribution in [2.24, 2.45) is 0 Å². The van der Waals surface area contributed by atoms with Gasteiger partial charge in [-0.2, -0.15) is 0 Å². The first-order chi connectivity index (χ1) is 5.59. The van der Waals surface area contributed by atoms with Crippen LogP contribution in [0.15, 0.2) is 0 Å². The van der Waals surface area contributed by atoms with Crippen LogP contribution in [0.3, 0.4) is 0 Å². The fourth-order valence-electron chi connectivity index (χ4n) is 1.39. The topological polar surface area (TPSA) is 12.5 Å². The Hall–Kier alpha value is 0.350. The number of rotatable bonds is 6. The molecule has 0 aliphatic rings. The van der Waals surface area contributed by atoms with Crippen LogP contribution in [0.2, 0.25) is 0 Å². The Balaban J connectivity index is 3.64. The standard InChI is InChI=1S/C9H22NOP/c1-8(2)10(9(3)4)6-7-12-11-5/h8-9,12H,6-7H2,1-5H3. The molecule has 0 aliphatic carbocycles. The largest absolute Gasteiger partial charge is 0.366 e. The van der Waals surface area contributed by atoms with E-state index in [0.717, 1.165) is 12.7 Å².